The van der Waals surface area contributed by atoms with Crippen molar-refractivity contribution in [2.45, 2.75) is 0 Å². The Kier molecular flexibility index (Phi) is 6.87. The lowest BCUT2D eigenvalue weighted by Crippen LogP contribution is -2.20. The van der Waals surface area contributed by atoms with Crippen LogP contribution >= 0.6 is 0 Å². The number of halogens is 2. The highest BCUT2D eigenvalue weighted by Crippen LogP contribution is 2.25. The zero-order chi connectivity index (χ0) is 19.8. The molecule has 0 saturated carbocycles. The molecule has 0 spiro atoms. The number of carbonyl (C=O) groups is 2. The average Bonchev–Trinajstić information content (AvgIpc) is 2.67. The number of carbonyl (C=O) groups excluding carboxylic acids is 2. The van der Waals surface area contributed by atoms with Crippen LogP contribution in [0.25, 0.3) is 6.08 Å². The van der Waals surface area contributed by atoms with Crippen molar-refractivity contribution in [3.8, 4) is 11.5 Å². The number of esters is 1. The summed E-state index contributed by atoms with van der Waals surface area (Å²) in [4.78, 5) is 23.5. The van der Waals surface area contributed by atoms with Crippen LogP contribution in [0.3, 0.4) is 0 Å². The summed E-state index contributed by atoms with van der Waals surface area (Å²) in [5.74, 6) is -2.03. The summed E-state index contributed by atoms with van der Waals surface area (Å²) >= 11 is 0. The van der Waals surface area contributed by atoms with Crippen LogP contribution < -0.4 is 14.8 Å². The second kappa shape index (κ2) is 9.33. The van der Waals surface area contributed by atoms with Crippen molar-refractivity contribution in [2.75, 3.05) is 26.1 Å². The summed E-state index contributed by atoms with van der Waals surface area (Å²) in [5.41, 5.74) is 0.229. The van der Waals surface area contributed by atoms with Crippen molar-refractivity contribution in [3.63, 3.8) is 0 Å². The van der Waals surface area contributed by atoms with E-state index in [0.29, 0.717) is 17.1 Å². The summed E-state index contributed by atoms with van der Waals surface area (Å²) in [6, 6.07) is 7.64. The summed E-state index contributed by atoms with van der Waals surface area (Å²) in [6.45, 7) is -0.658. The van der Waals surface area contributed by atoms with Crippen LogP contribution in [0.5, 0.6) is 11.5 Å². The van der Waals surface area contributed by atoms with E-state index in [0.717, 1.165) is 24.3 Å². The minimum absolute atomic E-state index is 0.340. The SMILES string of the molecule is COc1ccc(OC)c(/C=C/C(=O)OCC(=O)Nc2cc(F)ccc2F)c1. The molecule has 0 saturated heterocycles. The average molecular weight is 377 g/mol. The van der Waals surface area contributed by atoms with Gasteiger partial charge in [0, 0.05) is 17.7 Å². The number of benzene rings is 2. The topological polar surface area (TPSA) is 73.9 Å². The van der Waals surface area contributed by atoms with E-state index in [4.69, 9.17) is 14.2 Å². The standard InChI is InChI=1S/C19H17F2NO5/c1-25-14-5-7-17(26-2)12(9-14)3-8-19(24)27-11-18(23)22-16-10-13(20)4-6-15(16)21/h3-10H,11H2,1-2H3,(H,22,23)/b8-3+. The number of rotatable bonds is 7. The van der Waals surface area contributed by atoms with Crippen LogP contribution in [-0.2, 0) is 14.3 Å². The molecule has 0 aliphatic rings. The fraction of sp³-hybridized carbons (Fsp3) is 0.158. The zero-order valence-electron chi connectivity index (χ0n) is 14.6. The maximum Gasteiger partial charge on any atom is 0.331 e. The first-order valence-electron chi connectivity index (χ1n) is 7.74. The normalized spacial score (nSPS) is 10.5. The van der Waals surface area contributed by atoms with E-state index < -0.39 is 30.1 Å². The van der Waals surface area contributed by atoms with E-state index in [9.17, 15) is 18.4 Å². The molecule has 2 rings (SSSR count). The van der Waals surface area contributed by atoms with Crippen LogP contribution in [0, 0.1) is 11.6 Å². The van der Waals surface area contributed by atoms with Crippen molar-refractivity contribution in [1.82, 2.24) is 0 Å². The monoisotopic (exact) mass is 377 g/mol. The Morgan fingerprint density at radius 1 is 1.07 bits per heavy atom. The lowest BCUT2D eigenvalue weighted by molar-refractivity contribution is -0.142. The molecule has 0 unspecified atom stereocenters. The highest BCUT2D eigenvalue weighted by atomic mass is 19.1. The highest BCUT2D eigenvalue weighted by molar-refractivity contribution is 5.94. The highest BCUT2D eigenvalue weighted by Gasteiger charge is 2.10. The first kappa shape index (κ1) is 19.9. The molecule has 1 N–H and O–H groups in total. The molecule has 2 aromatic carbocycles. The van der Waals surface area contributed by atoms with Crippen LogP contribution in [-0.4, -0.2) is 32.7 Å². The Labute approximate surface area is 154 Å². The van der Waals surface area contributed by atoms with Crippen molar-refractivity contribution >= 4 is 23.6 Å². The smallest absolute Gasteiger partial charge is 0.331 e. The molecule has 1 amide bonds. The maximum atomic E-state index is 13.4. The van der Waals surface area contributed by atoms with Gasteiger partial charge in [-0.1, -0.05) is 0 Å². The number of amides is 1. The van der Waals surface area contributed by atoms with Crippen molar-refractivity contribution in [2.24, 2.45) is 0 Å². The first-order valence-corrected chi connectivity index (χ1v) is 7.74. The Morgan fingerprint density at radius 2 is 1.85 bits per heavy atom. The molecule has 2 aromatic rings. The van der Waals surface area contributed by atoms with Crippen LogP contribution in [0.2, 0.25) is 0 Å². The molecule has 0 radical (unpaired) electrons. The van der Waals surface area contributed by atoms with Gasteiger partial charge in [-0.25, -0.2) is 13.6 Å². The van der Waals surface area contributed by atoms with Gasteiger partial charge in [0.2, 0.25) is 0 Å². The van der Waals surface area contributed by atoms with Crippen LogP contribution in [0.1, 0.15) is 5.56 Å². The van der Waals surface area contributed by atoms with Gasteiger partial charge in [0.25, 0.3) is 5.91 Å². The molecule has 0 bridgehead atoms. The fourth-order valence-electron chi connectivity index (χ4n) is 2.09. The molecule has 0 heterocycles. The number of nitrogens with one attached hydrogen (secondary N) is 1. The molecule has 0 aliphatic carbocycles. The molecule has 0 aliphatic heterocycles. The predicted molar refractivity (Wildman–Crippen MR) is 94.5 cm³/mol. The molecule has 0 atom stereocenters. The molecular formula is C19H17F2NO5. The van der Waals surface area contributed by atoms with Gasteiger partial charge in [0.1, 0.15) is 23.1 Å². The van der Waals surface area contributed by atoms with Crippen LogP contribution in [0.4, 0.5) is 14.5 Å². The minimum Gasteiger partial charge on any atom is -0.497 e. The molecule has 6 nitrogen and oxygen atoms in total. The molecule has 27 heavy (non-hydrogen) atoms. The lowest BCUT2D eigenvalue weighted by atomic mass is 10.1. The molecular weight excluding hydrogens is 360 g/mol. The summed E-state index contributed by atoms with van der Waals surface area (Å²) in [7, 11) is 2.98. The summed E-state index contributed by atoms with van der Waals surface area (Å²) in [5, 5.41) is 2.12. The first-order chi connectivity index (χ1) is 12.9. The van der Waals surface area contributed by atoms with Gasteiger partial charge in [-0.3, -0.25) is 4.79 Å². The third kappa shape index (κ3) is 5.81. The van der Waals surface area contributed by atoms with Gasteiger partial charge in [0.05, 0.1) is 19.9 Å². The second-order valence-corrected chi connectivity index (χ2v) is 5.22. The minimum atomic E-state index is -0.805. The largest absolute Gasteiger partial charge is 0.497 e. The Balaban J connectivity index is 1.93. The lowest BCUT2D eigenvalue weighted by Gasteiger charge is -2.07. The Bertz CT molecular complexity index is 867. The number of hydrogen-bond donors (Lipinski definition) is 1. The predicted octanol–water partition coefficient (Wildman–Crippen LogP) is 3.18. The molecule has 8 heteroatoms. The van der Waals surface area contributed by atoms with E-state index in [1.54, 1.807) is 18.2 Å². The van der Waals surface area contributed by atoms with Gasteiger partial charge in [-0.2, -0.15) is 0 Å². The third-order valence-corrected chi connectivity index (χ3v) is 3.38. The molecule has 142 valence electrons. The van der Waals surface area contributed by atoms with Gasteiger partial charge >= 0.3 is 5.97 Å². The van der Waals surface area contributed by atoms with E-state index in [-0.39, 0.29) is 5.69 Å². The molecule has 0 fully saturated rings. The van der Waals surface area contributed by atoms with Crippen molar-refractivity contribution < 1.29 is 32.6 Å². The number of anilines is 1. The Hall–Kier alpha value is -3.42. The van der Waals surface area contributed by atoms with Gasteiger partial charge in [-0.15, -0.1) is 0 Å². The third-order valence-electron chi connectivity index (χ3n) is 3.38. The Morgan fingerprint density at radius 3 is 2.56 bits per heavy atom. The number of hydrogen-bond acceptors (Lipinski definition) is 5. The van der Waals surface area contributed by atoms with E-state index in [2.05, 4.69) is 5.32 Å². The van der Waals surface area contributed by atoms with Gasteiger partial charge < -0.3 is 19.5 Å². The summed E-state index contributed by atoms with van der Waals surface area (Å²) in [6.07, 6.45) is 2.54. The van der Waals surface area contributed by atoms with Gasteiger partial charge in [0.15, 0.2) is 6.61 Å². The molecule has 0 aromatic heterocycles. The van der Waals surface area contributed by atoms with E-state index in [1.165, 1.54) is 20.3 Å². The van der Waals surface area contributed by atoms with Crippen LogP contribution in [0.15, 0.2) is 42.5 Å². The number of methoxy groups -OCH3 is 2. The van der Waals surface area contributed by atoms with Crippen molar-refractivity contribution in [3.05, 3.63) is 59.7 Å². The van der Waals surface area contributed by atoms with E-state index in [1.807, 2.05) is 0 Å². The van der Waals surface area contributed by atoms with Crippen molar-refractivity contribution in [1.29, 1.82) is 0 Å². The number of ether oxygens (including phenoxy) is 3. The quantitative estimate of drug-likeness (QED) is 0.593. The maximum absolute atomic E-state index is 13.4. The van der Waals surface area contributed by atoms with Gasteiger partial charge in [-0.05, 0) is 36.4 Å². The second-order valence-electron chi connectivity index (χ2n) is 5.22. The van der Waals surface area contributed by atoms with E-state index >= 15 is 0 Å². The summed E-state index contributed by atoms with van der Waals surface area (Å²) < 4.78 is 41.5. The zero-order valence-corrected chi connectivity index (χ0v) is 14.6. The fourth-order valence-corrected chi connectivity index (χ4v) is 2.09.